The Morgan fingerprint density at radius 1 is 1.37 bits per heavy atom. The summed E-state index contributed by atoms with van der Waals surface area (Å²) in [6.07, 6.45) is -2.34. The van der Waals surface area contributed by atoms with Gasteiger partial charge in [-0.25, -0.2) is 0 Å². The smallest absolute Gasteiger partial charge is 0.380 e. The van der Waals surface area contributed by atoms with Gasteiger partial charge in [0.2, 0.25) is 0 Å². The highest BCUT2D eigenvalue weighted by Gasteiger charge is 2.31. The van der Waals surface area contributed by atoms with Crippen LogP contribution in [0.1, 0.15) is 24.0 Å². The van der Waals surface area contributed by atoms with E-state index >= 15 is 0 Å². The maximum absolute atomic E-state index is 12.6. The van der Waals surface area contributed by atoms with Crippen LogP contribution in [-0.2, 0) is 6.18 Å². The first kappa shape index (κ1) is 14.1. The fourth-order valence-corrected chi connectivity index (χ4v) is 3.09. The summed E-state index contributed by atoms with van der Waals surface area (Å²) in [5.74, 6) is 2.04. The highest BCUT2D eigenvalue weighted by Crippen LogP contribution is 2.32. The number of nitriles is 1. The van der Waals surface area contributed by atoms with Crippen molar-refractivity contribution in [3.63, 3.8) is 0 Å². The average Bonchev–Trinajstić information content (AvgIpc) is 2.39. The Balaban J connectivity index is 2.19. The molecule has 1 aromatic carbocycles. The molecule has 19 heavy (non-hydrogen) atoms. The van der Waals surface area contributed by atoms with Crippen molar-refractivity contribution in [1.29, 1.82) is 5.26 Å². The predicted molar refractivity (Wildman–Crippen MR) is 70.1 cm³/mol. The van der Waals surface area contributed by atoms with E-state index in [-0.39, 0.29) is 11.6 Å². The minimum atomic E-state index is -4.41. The lowest BCUT2D eigenvalue weighted by Crippen LogP contribution is -2.26. The third kappa shape index (κ3) is 3.57. The fraction of sp³-hybridized carbons (Fsp3) is 0.462. The number of nitrogens with one attached hydrogen (secondary N) is 1. The second-order valence-corrected chi connectivity index (χ2v) is 5.58. The largest absolute Gasteiger partial charge is 0.416 e. The number of hydrogen-bond donors (Lipinski definition) is 1. The highest BCUT2D eigenvalue weighted by molar-refractivity contribution is 7.99. The van der Waals surface area contributed by atoms with Crippen molar-refractivity contribution in [2.75, 3.05) is 16.8 Å². The molecule has 6 heteroatoms. The van der Waals surface area contributed by atoms with E-state index in [1.54, 1.807) is 0 Å². The number of thioether (sulfide) groups is 1. The zero-order valence-corrected chi connectivity index (χ0v) is 10.9. The van der Waals surface area contributed by atoms with Gasteiger partial charge < -0.3 is 5.32 Å². The maximum atomic E-state index is 12.6. The van der Waals surface area contributed by atoms with Crippen molar-refractivity contribution in [2.24, 2.45) is 0 Å². The first-order valence-corrected chi connectivity index (χ1v) is 7.12. The van der Waals surface area contributed by atoms with Gasteiger partial charge in [0.25, 0.3) is 0 Å². The molecule has 1 heterocycles. The van der Waals surface area contributed by atoms with E-state index in [1.807, 2.05) is 17.8 Å². The Morgan fingerprint density at radius 2 is 2.16 bits per heavy atom. The molecule has 102 valence electrons. The SMILES string of the molecule is N#Cc1cc(C(F)(F)F)ccc1NC1CCCSC1. The Kier molecular flexibility index (Phi) is 4.25. The quantitative estimate of drug-likeness (QED) is 0.896. The molecule has 2 rings (SSSR count). The van der Waals surface area contributed by atoms with Crippen LogP contribution < -0.4 is 5.32 Å². The van der Waals surface area contributed by atoms with E-state index < -0.39 is 11.7 Å². The lowest BCUT2D eigenvalue weighted by molar-refractivity contribution is -0.137. The van der Waals surface area contributed by atoms with Crippen LogP contribution in [0.5, 0.6) is 0 Å². The Morgan fingerprint density at radius 3 is 2.74 bits per heavy atom. The molecule has 0 bridgehead atoms. The molecule has 0 amide bonds. The summed E-state index contributed by atoms with van der Waals surface area (Å²) < 4.78 is 37.7. The van der Waals surface area contributed by atoms with Gasteiger partial charge in [-0.1, -0.05) is 0 Å². The highest BCUT2D eigenvalue weighted by atomic mass is 32.2. The van der Waals surface area contributed by atoms with Crippen molar-refractivity contribution < 1.29 is 13.2 Å². The summed E-state index contributed by atoms with van der Waals surface area (Å²) in [6, 6.07) is 5.31. The van der Waals surface area contributed by atoms with Crippen molar-refractivity contribution in [1.82, 2.24) is 0 Å². The number of benzene rings is 1. The standard InChI is InChI=1S/C13H13F3N2S/c14-13(15,16)10-3-4-12(9(6-10)7-17)18-11-2-1-5-19-8-11/h3-4,6,11,18H,1-2,5,8H2. The van der Waals surface area contributed by atoms with Gasteiger partial charge in [0.15, 0.2) is 0 Å². The van der Waals surface area contributed by atoms with E-state index in [0.29, 0.717) is 5.69 Å². The Bertz CT molecular complexity index is 488. The zero-order valence-electron chi connectivity index (χ0n) is 10.1. The van der Waals surface area contributed by atoms with Crippen LogP contribution in [0.3, 0.4) is 0 Å². The van der Waals surface area contributed by atoms with Gasteiger partial charge in [-0.3, -0.25) is 0 Å². The van der Waals surface area contributed by atoms with Crippen LogP contribution in [0.4, 0.5) is 18.9 Å². The van der Waals surface area contributed by atoms with Gasteiger partial charge in [0.1, 0.15) is 6.07 Å². The first-order chi connectivity index (χ1) is 9.00. The van der Waals surface area contributed by atoms with Crippen LogP contribution in [0, 0.1) is 11.3 Å². The number of nitrogens with zero attached hydrogens (tertiary/aromatic N) is 1. The van der Waals surface area contributed by atoms with Crippen LogP contribution in [0.15, 0.2) is 18.2 Å². The van der Waals surface area contributed by atoms with Crippen molar-refractivity contribution in [3.05, 3.63) is 29.3 Å². The van der Waals surface area contributed by atoms with E-state index in [1.165, 1.54) is 6.07 Å². The maximum Gasteiger partial charge on any atom is 0.416 e. The number of anilines is 1. The molecule has 1 aliphatic heterocycles. The third-order valence-corrected chi connectivity index (χ3v) is 4.20. The van der Waals surface area contributed by atoms with Crippen molar-refractivity contribution >= 4 is 17.4 Å². The predicted octanol–water partition coefficient (Wildman–Crippen LogP) is 3.88. The summed E-state index contributed by atoms with van der Waals surface area (Å²) in [4.78, 5) is 0. The lowest BCUT2D eigenvalue weighted by Gasteiger charge is -2.24. The van der Waals surface area contributed by atoms with Gasteiger partial charge in [0.05, 0.1) is 16.8 Å². The second kappa shape index (κ2) is 5.74. The third-order valence-electron chi connectivity index (χ3n) is 2.99. The average molecular weight is 286 g/mol. The Labute approximate surface area is 114 Å². The molecule has 0 aromatic heterocycles. The summed E-state index contributed by atoms with van der Waals surface area (Å²) in [5.41, 5.74) is -0.249. The minimum Gasteiger partial charge on any atom is -0.380 e. The molecular formula is C13H13F3N2S. The van der Waals surface area contributed by atoms with Crippen LogP contribution in [0.2, 0.25) is 0 Å². The van der Waals surface area contributed by atoms with Crippen LogP contribution in [-0.4, -0.2) is 17.5 Å². The molecule has 1 N–H and O–H groups in total. The first-order valence-electron chi connectivity index (χ1n) is 5.96. The molecule has 1 unspecified atom stereocenters. The van der Waals surface area contributed by atoms with Crippen molar-refractivity contribution in [2.45, 2.75) is 25.1 Å². The Hall–Kier alpha value is -1.35. The molecule has 0 radical (unpaired) electrons. The number of hydrogen-bond acceptors (Lipinski definition) is 3. The molecule has 2 nitrogen and oxygen atoms in total. The van der Waals surface area contributed by atoms with Gasteiger partial charge in [-0.05, 0) is 36.8 Å². The molecule has 1 aliphatic rings. The number of halogens is 3. The van der Waals surface area contributed by atoms with E-state index in [9.17, 15) is 13.2 Å². The van der Waals surface area contributed by atoms with Gasteiger partial charge in [0, 0.05) is 11.8 Å². The molecule has 1 atom stereocenters. The van der Waals surface area contributed by atoms with E-state index in [2.05, 4.69) is 5.32 Å². The number of rotatable bonds is 2. The molecule has 0 saturated carbocycles. The van der Waals surface area contributed by atoms with Gasteiger partial charge in [-0.15, -0.1) is 0 Å². The second-order valence-electron chi connectivity index (χ2n) is 4.43. The normalized spacial score (nSPS) is 19.8. The van der Waals surface area contributed by atoms with Crippen LogP contribution >= 0.6 is 11.8 Å². The fourth-order valence-electron chi connectivity index (χ4n) is 2.01. The lowest BCUT2D eigenvalue weighted by atomic mass is 10.1. The van der Waals surface area contributed by atoms with Gasteiger partial charge in [-0.2, -0.15) is 30.2 Å². The van der Waals surface area contributed by atoms with E-state index in [0.717, 1.165) is 36.5 Å². The molecule has 0 aliphatic carbocycles. The molecule has 1 aromatic rings. The van der Waals surface area contributed by atoms with Crippen molar-refractivity contribution in [3.8, 4) is 6.07 Å². The van der Waals surface area contributed by atoms with Gasteiger partial charge >= 0.3 is 6.18 Å². The minimum absolute atomic E-state index is 0.0467. The zero-order chi connectivity index (χ0) is 13.9. The van der Waals surface area contributed by atoms with E-state index in [4.69, 9.17) is 5.26 Å². The molecule has 1 saturated heterocycles. The summed E-state index contributed by atoms with van der Waals surface area (Å²) in [6.45, 7) is 0. The summed E-state index contributed by atoms with van der Waals surface area (Å²) >= 11 is 1.82. The summed E-state index contributed by atoms with van der Waals surface area (Å²) in [7, 11) is 0. The molecular weight excluding hydrogens is 273 g/mol. The molecule has 1 fully saturated rings. The summed E-state index contributed by atoms with van der Waals surface area (Å²) in [5, 5.41) is 12.1. The molecule has 0 spiro atoms. The monoisotopic (exact) mass is 286 g/mol. The number of alkyl halides is 3. The van der Waals surface area contributed by atoms with Crippen LogP contribution in [0.25, 0.3) is 0 Å². The topological polar surface area (TPSA) is 35.8 Å².